The number of para-hydroxylation sites is 1. The lowest BCUT2D eigenvalue weighted by Gasteiger charge is -2.36. The van der Waals surface area contributed by atoms with Crippen LogP contribution in [-0.2, 0) is 13.1 Å². The first-order valence-electron chi connectivity index (χ1n) is 7.56. The normalized spacial score (nSPS) is 17.5. The van der Waals surface area contributed by atoms with E-state index in [1.807, 2.05) is 54.6 Å². The molecule has 0 bridgehead atoms. The van der Waals surface area contributed by atoms with Gasteiger partial charge in [-0.25, -0.2) is 0 Å². The monoisotopic (exact) mass is 325 g/mol. The van der Waals surface area contributed by atoms with Crippen molar-refractivity contribution in [1.29, 1.82) is 0 Å². The second kappa shape index (κ2) is 6.11. The van der Waals surface area contributed by atoms with E-state index in [2.05, 4.69) is 11.0 Å². The summed E-state index contributed by atoms with van der Waals surface area (Å²) >= 11 is 6.01. The van der Waals surface area contributed by atoms with Gasteiger partial charge in [-0.15, -0.1) is 0 Å². The highest BCUT2D eigenvalue weighted by Gasteiger charge is 2.29. The van der Waals surface area contributed by atoms with E-state index >= 15 is 0 Å². The van der Waals surface area contributed by atoms with Gasteiger partial charge in [0.25, 0.3) is 0 Å². The van der Waals surface area contributed by atoms with Crippen molar-refractivity contribution in [2.75, 3.05) is 0 Å². The molecule has 0 spiro atoms. The molecule has 3 aromatic rings. The summed E-state index contributed by atoms with van der Waals surface area (Å²) in [5.41, 5.74) is 2.26. The van der Waals surface area contributed by atoms with Crippen LogP contribution in [0, 0.1) is 0 Å². The first-order valence-corrected chi connectivity index (χ1v) is 7.94. The van der Waals surface area contributed by atoms with E-state index < -0.39 is 0 Å². The number of furan rings is 1. The molecular weight excluding hydrogens is 310 g/mol. The quantitative estimate of drug-likeness (QED) is 0.675. The van der Waals surface area contributed by atoms with Crippen molar-refractivity contribution in [2.24, 2.45) is 0 Å². The smallest absolute Gasteiger partial charge is 0.179 e. The zero-order chi connectivity index (χ0) is 15.6. The Hall–Kier alpha value is -2.23. The summed E-state index contributed by atoms with van der Waals surface area (Å²) in [6.07, 6.45) is 1.54. The van der Waals surface area contributed by atoms with Gasteiger partial charge in [0.05, 0.1) is 12.8 Å². The van der Waals surface area contributed by atoms with Crippen molar-refractivity contribution >= 4 is 11.6 Å². The Kier molecular flexibility index (Phi) is 3.82. The number of nitrogens with zero attached hydrogens (tertiary/aromatic N) is 1. The molecule has 116 valence electrons. The van der Waals surface area contributed by atoms with Gasteiger partial charge in [0.15, 0.2) is 6.23 Å². The third-order valence-electron chi connectivity index (χ3n) is 4.01. The molecule has 1 aromatic heterocycles. The summed E-state index contributed by atoms with van der Waals surface area (Å²) in [7, 11) is 0. The van der Waals surface area contributed by atoms with Gasteiger partial charge in [-0.05, 0) is 30.3 Å². The second-order valence-electron chi connectivity index (χ2n) is 5.61. The number of rotatable bonds is 3. The summed E-state index contributed by atoms with van der Waals surface area (Å²) in [4.78, 5) is 2.25. The minimum atomic E-state index is -0.160. The number of ether oxygens (including phenoxy) is 1. The van der Waals surface area contributed by atoms with Crippen LogP contribution in [0.3, 0.4) is 0 Å². The molecule has 0 fully saturated rings. The van der Waals surface area contributed by atoms with Gasteiger partial charge in [0.1, 0.15) is 11.5 Å². The Labute approximate surface area is 140 Å². The van der Waals surface area contributed by atoms with Crippen LogP contribution in [-0.4, -0.2) is 4.90 Å². The maximum Gasteiger partial charge on any atom is 0.179 e. The lowest BCUT2D eigenvalue weighted by molar-refractivity contribution is -0.0128. The maximum atomic E-state index is 6.26. The van der Waals surface area contributed by atoms with Crippen molar-refractivity contribution in [1.82, 2.24) is 4.90 Å². The summed E-state index contributed by atoms with van der Waals surface area (Å²) < 4.78 is 11.8. The lowest BCUT2D eigenvalue weighted by Crippen LogP contribution is -2.35. The fourth-order valence-corrected chi connectivity index (χ4v) is 3.02. The average molecular weight is 326 g/mol. The summed E-state index contributed by atoms with van der Waals surface area (Å²) in [5.74, 6) is 1.86. The highest BCUT2D eigenvalue weighted by Crippen LogP contribution is 2.36. The van der Waals surface area contributed by atoms with E-state index in [9.17, 15) is 0 Å². The van der Waals surface area contributed by atoms with E-state index in [0.717, 1.165) is 28.6 Å². The molecule has 1 aliphatic heterocycles. The molecule has 2 heterocycles. The molecule has 0 N–H and O–H groups in total. The number of hydrogen-bond donors (Lipinski definition) is 0. The van der Waals surface area contributed by atoms with Gasteiger partial charge in [0, 0.05) is 22.7 Å². The molecule has 1 atom stereocenters. The summed E-state index contributed by atoms with van der Waals surface area (Å²) in [6, 6.07) is 19.9. The number of fused-ring (bicyclic) bond motifs is 1. The van der Waals surface area contributed by atoms with Crippen molar-refractivity contribution in [2.45, 2.75) is 19.3 Å². The molecule has 0 radical (unpaired) electrons. The molecule has 23 heavy (non-hydrogen) atoms. The number of halogens is 1. The van der Waals surface area contributed by atoms with E-state index in [1.54, 1.807) is 6.26 Å². The molecule has 4 heteroatoms. The first-order chi connectivity index (χ1) is 11.3. The minimum Gasteiger partial charge on any atom is -0.471 e. The van der Waals surface area contributed by atoms with Crippen molar-refractivity contribution in [3.05, 3.63) is 88.8 Å². The Morgan fingerprint density at radius 2 is 1.83 bits per heavy atom. The maximum absolute atomic E-state index is 6.26. The molecule has 0 saturated carbocycles. The third kappa shape index (κ3) is 2.98. The van der Waals surface area contributed by atoms with E-state index in [1.165, 1.54) is 5.56 Å². The lowest BCUT2D eigenvalue weighted by atomic mass is 10.1. The van der Waals surface area contributed by atoms with E-state index in [-0.39, 0.29) is 6.23 Å². The molecule has 1 unspecified atom stereocenters. The largest absolute Gasteiger partial charge is 0.471 e. The van der Waals surface area contributed by atoms with E-state index in [4.69, 9.17) is 20.8 Å². The van der Waals surface area contributed by atoms with Crippen molar-refractivity contribution < 1.29 is 9.15 Å². The Morgan fingerprint density at radius 1 is 1.00 bits per heavy atom. The predicted octanol–water partition coefficient (Wildman–Crippen LogP) is 5.03. The van der Waals surface area contributed by atoms with Crippen LogP contribution in [0.5, 0.6) is 5.75 Å². The molecule has 0 saturated heterocycles. The molecule has 2 aromatic carbocycles. The SMILES string of the molecule is Clc1ccc(C2Oc3ccccc3CN2Cc2ccco2)cc1. The Balaban J connectivity index is 1.69. The van der Waals surface area contributed by atoms with Crippen LogP contribution in [0.4, 0.5) is 0 Å². The highest BCUT2D eigenvalue weighted by atomic mass is 35.5. The molecule has 3 nitrogen and oxygen atoms in total. The standard InChI is InChI=1S/C19H16ClNO2/c20-16-9-7-14(8-10-16)19-21(13-17-5-3-11-22-17)12-15-4-1-2-6-18(15)23-19/h1-11,19H,12-13H2. The van der Waals surface area contributed by atoms with Gasteiger partial charge < -0.3 is 9.15 Å². The fraction of sp³-hybridized carbons (Fsp3) is 0.158. The van der Waals surface area contributed by atoms with Crippen molar-refractivity contribution in [3.63, 3.8) is 0 Å². The first kappa shape index (κ1) is 14.4. The Bertz CT molecular complexity index is 783. The summed E-state index contributed by atoms with van der Waals surface area (Å²) in [5, 5.41) is 0.725. The molecule has 4 rings (SSSR count). The minimum absolute atomic E-state index is 0.160. The summed E-state index contributed by atoms with van der Waals surface area (Å²) in [6.45, 7) is 1.50. The van der Waals surface area contributed by atoms with Gasteiger partial charge >= 0.3 is 0 Å². The fourth-order valence-electron chi connectivity index (χ4n) is 2.89. The Morgan fingerprint density at radius 3 is 2.61 bits per heavy atom. The van der Waals surface area contributed by atoms with Crippen LogP contribution in [0.1, 0.15) is 23.1 Å². The van der Waals surface area contributed by atoms with Crippen molar-refractivity contribution in [3.8, 4) is 5.75 Å². The van der Waals surface area contributed by atoms with Crippen LogP contribution in [0.15, 0.2) is 71.3 Å². The van der Waals surface area contributed by atoms with Crippen LogP contribution >= 0.6 is 11.6 Å². The van der Waals surface area contributed by atoms with Crippen LogP contribution in [0.25, 0.3) is 0 Å². The van der Waals surface area contributed by atoms with Gasteiger partial charge in [0.2, 0.25) is 0 Å². The topological polar surface area (TPSA) is 25.6 Å². The van der Waals surface area contributed by atoms with Gasteiger partial charge in [-0.1, -0.05) is 41.9 Å². The molecule has 0 amide bonds. The average Bonchev–Trinajstić information content (AvgIpc) is 3.08. The molecular formula is C19H16ClNO2. The second-order valence-corrected chi connectivity index (χ2v) is 6.05. The van der Waals surface area contributed by atoms with Gasteiger partial charge in [-0.2, -0.15) is 0 Å². The van der Waals surface area contributed by atoms with Crippen LogP contribution in [0.2, 0.25) is 5.02 Å². The number of hydrogen-bond acceptors (Lipinski definition) is 3. The van der Waals surface area contributed by atoms with Crippen LogP contribution < -0.4 is 4.74 Å². The third-order valence-corrected chi connectivity index (χ3v) is 4.26. The predicted molar refractivity (Wildman–Crippen MR) is 89.2 cm³/mol. The highest BCUT2D eigenvalue weighted by molar-refractivity contribution is 6.30. The molecule has 0 aliphatic carbocycles. The zero-order valence-electron chi connectivity index (χ0n) is 12.5. The zero-order valence-corrected chi connectivity index (χ0v) is 13.2. The van der Waals surface area contributed by atoms with Gasteiger partial charge in [-0.3, -0.25) is 4.90 Å². The number of benzene rings is 2. The molecule has 1 aliphatic rings. The van der Waals surface area contributed by atoms with E-state index in [0.29, 0.717) is 6.54 Å².